The van der Waals surface area contributed by atoms with Gasteiger partial charge in [0.25, 0.3) is 0 Å². The Hall–Kier alpha value is -0.380. The molecule has 0 amide bonds. The predicted molar refractivity (Wildman–Crippen MR) is 63.9 cm³/mol. The van der Waals surface area contributed by atoms with Crippen LogP contribution in [0, 0.1) is 5.92 Å². The summed E-state index contributed by atoms with van der Waals surface area (Å²) in [7, 11) is 0. The molecule has 0 aromatic rings. The highest BCUT2D eigenvalue weighted by molar-refractivity contribution is 5.00. The molecule has 3 nitrogen and oxygen atoms in total. The lowest BCUT2D eigenvalue weighted by molar-refractivity contribution is 0.0331. The molecular weight excluding hydrogens is 188 g/mol. The zero-order chi connectivity index (χ0) is 11.3. The minimum Gasteiger partial charge on any atom is -0.392 e. The number of piperidine rings is 1. The third-order valence-corrected chi connectivity index (χ3v) is 3.07. The van der Waals surface area contributed by atoms with Crippen LogP contribution in [0.15, 0.2) is 12.2 Å². The fourth-order valence-electron chi connectivity index (χ4n) is 1.93. The first-order valence-corrected chi connectivity index (χ1v) is 5.91. The first-order valence-electron chi connectivity index (χ1n) is 5.91. The summed E-state index contributed by atoms with van der Waals surface area (Å²) in [5.41, 5.74) is 1.21. The average molecular weight is 212 g/mol. The number of β-amino-alcohol motifs (C(OH)–C–C–N with tert-alkyl or cyclic N) is 1. The predicted octanol–water partition coefficient (Wildman–Crippen LogP) is 0.855. The van der Waals surface area contributed by atoms with Crippen molar-refractivity contribution in [1.29, 1.82) is 0 Å². The molecule has 0 aromatic carbocycles. The minimum atomic E-state index is -0.161. The molecule has 1 saturated heterocycles. The van der Waals surface area contributed by atoms with Gasteiger partial charge in [-0.1, -0.05) is 20.4 Å². The third-order valence-electron chi connectivity index (χ3n) is 3.07. The van der Waals surface area contributed by atoms with Gasteiger partial charge in [-0.15, -0.1) is 0 Å². The van der Waals surface area contributed by atoms with E-state index in [-0.39, 0.29) is 6.10 Å². The van der Waals surface area contributed by atoms with Gasteiger partial charge in [-0.2, -0.15) is 0 Å². The van der Waals surface area contributed by atoms with Crippen LogP contribution in [0.5, 0.6) is 0 Å². The highest BCUT2D eigenvalue weighted by Crippen LogP contribution is 2.17. The minimum absolute atomic E-state index is 0.161. The monoisotopic (exact) mass is 212 g/mol. The van der Waals surface area contributed by atoms with Gasteiger partial charge in [0.05, 0.1) is 6.10 Å². The lowest BCUT2D eigenvalue weighted by Crippen LogP contribution is -2.44. The fraction of sp³-hybridized carbons (Fsp3) is 0.833. The topological polar surface area (TPSA) is 35.5 Å². The van der Waals surface area contributed by atoms with Crippen molar-refractivity contribution in [3.8, 4) is 0 Å². The molecule has 1 aliphatic rings. The number of aliphatic hydroxyl groups is 1. The largest absolute Gasteiger partial charge is 0.392 e. The van der Waals surface area contributed by atoms with Crippen LogP contribution in [0.1, 0.15) is 20.3 Å². The summed E-state index contributed by atoms with van der Waals surface area (Å²) in [5.74, 6) is 0.447. The average Bonchev–Trinajstić information content (AvgIpc) is 2.20. The number of hydrogen-bond donors (Lipinski definition) is 2. The third kappa shape index (κ3) is 4.33. The van der Waals surface area contributed by atoms with Gasteiger partial charge in [-0.25, -0.2) is 0 Å². The van der Waals surface area contributed by atoms with E-state index in [1.165, 1.54) is 5.57 Å². The fourth-order valence-corrected chi connectivity index (χ4v) is 1.93. The number of aliphatic hydroxyl groups excluding tert-OH is 1. The van der Waals surface area contributed by atoms with Gasteiger partial charge in [0, 0.05) is 19.6 Å². The van der Waals surface area contributed by atoms with Crippen LogP contribution in [-0.4, -0.2) is 48.8 Å². The summed E-state index contributed by atoms with van der Waals surface area (Å²) in [4.78, 5) is 2.30. The molecule has 3 heteroatoms. The van der Waals surface area contributed by atoms with Crippen molar-refractivity contribution in [2.24, 2.45) is 5.92 Å². The Bertz CT molecular complexity index is 206. The van der Waals surface area contributed by atoms with Crippen LogP contribution in [0.4, 0.5) is 0 Å². The quantitative estimate of drug-likeness (QED) is 0.663. The highest BCUT2D eigenvalue weighted by Gasteiger charge is 2.23. The second-order valence-corrected chi connectivity index (χ2v) is 4.60. The van der Waals surface area contributed by atoms with E-state index in [0.717, 1.165) is 39.1 Å². The van der Waals surface area contributed by atoms with E-state index in [2.05, 4.69) is 30.6 Å². The lowest BCUT2D eigenvalue weighted by Gasteiger charge is -2.34. The van der Waals surface area contributed by atoms with Crippen molar-refractivity contribution < 1.29 is 5.11 Å². The normalized spacial score (nSPS) is 27.9. The first-order chi connectivity index (χ1) is 7.13. The molecule has 0 radical (unpaired) electrons. The molecule has 88 valence electrons. The van der Waals surface area contributed by atoms with Crippen LogP contribution < -0.4 is 5.32 Å². The number of nitrogens with zero attached hydrogens (tertiary/aromatic N) is 1. The van der Waals surface area contributed by atoms with E-state index in [0.29, 0.717) is 5.92 Å². The van der Waals surface area contributed by atoms with Crippen molar-refractivity contribution in [2.75, 3.05) is 32.7 Å². The molecule has 1 heterocycles. The number of likely N-dealkylation sites (tertiary alicyclic amines) is 1. The maximum atomic E-state index is 9.75. The van der Waals surface area contributed by atoms with Gasteiger partial charge in [0.2, 0.25) is 0 Å². The standard InChI is InChI=1S/C12H24N2O/c1-4-13-7-10(2)8-14-6-5-11(3)12(15)9-14/h11-13,15H,2,4-9H2,1,3H3. The van der Waals surface area contributed by atoms with Crippen LogP contribution >= 0.6 is 0 Å². The summed E-state index contributed by atoms with van der Waals surface area (Å²) in [6, 6.07) is 0. The van der Waals surface area contributed by atoms with Gasteiger partial charge in [0.1, 0.15) is 0 Å². The second-order valence-electron chi connectivity index (χ2n) is 4.60. The highest BCUT2D eigenvalue weighted by atomic mass is 16.3. The molecule has 1 rings (SSSR count). The Morgan fingerprint density at radius 2 is 2.33 bits per heavy atom. The number of likely N-dealkylation sites (N-methyl/N-ethyl adjacent to an activating group) is 1. The molecule has 0 aromatic heterocycles. The van der Waals surface area contributed by atoms with Gasteiger partial charge in [-0.3, -0.25) is 4.90 Å². The summed E-state index contributed by atoms with van der Waals surface area (Å²) >= 11 is 0. The van der Waals surface area contributed by atoms with E-state index in [1.54, 1.807) is 0 Å². The molecule has 15 heavy (non-hydrogen) atoms. The number of hydrogen-bond acceptors (Lipinski definition) is 3. The molecule has 1 aliphatic heterocycles. The molecule has 0 saturated carbocycles. The second kappa shape index (κ2) is 6.26. The van der Waals surface area contributed by atoms with Gasteiger partial charge in [0.15, 0.2) is 0 Å². The molecule has 2 unspecified atom stereocenters. The Morgan fingerprint density at radius 1 is 1.60 bits per heavy atom. The van der Waals surface area contributed by atoms with Crippen LogP contribution in [-0.2, 0) is 0 Å². The van der Waals surface area contributed by atoms with Crippen molar-refractivity contribution in [3.05, 3.63) is 12.2 Å². The zero-order valence-electron chi connectivity index (χ0n) is 10.00. The maximum absolute atomic E-state index is 9.75. The maximum Gasteiger partial charge on any atom is 0.0693 e. The van der Waals surface area contributed by atoms with Gasteiger partial charge >= 0.3 is 0 Å². The first kappa shape index (κ1) is 12.7. The van der Waals surface area contributed by atoms with Crippen LogP contribution in [0.3, 0.4) is 0 Å². The summed E-state index contributed by atoms with van der Waals surface area (Å²) in [6.45, 7) is 12.9. The Kier molecular flexibility index (Phi) is 5.29. The van der Waals surface area contributed by atoms with E-state index < -0.39 is 0 Å². The van der Waals surface area contributed by atoms with Crippen LogP contribution in [0.25, 0.3) is 0 Å². The molecule has 1 fully saturated rings. The Labute approximate surface area is 93.2 Å². The van der Waals surface area contributed by atoms with Crippen molar-refractivity contribution in [2.45, 2.75) is 26.4 Å². The molecular formula is C12H24N2O. The SMILES string of the molecule is C=C(CNCC)CN1CCC(C)C(O)C1. The van der Waals surface area contributed by atoms with Crippen molar-refractivity contribution >= 4 is 0 Å². The van der Waals surface area contributed by atoms with E-state index in [4.69, 9.17) is 0 Å². The van der Waals surface area contributed by atoms with Gasteiger partial charge < -0.3 is 10.4 Å². The molecule has 0 bridgehead atoms. The van der Waals surface area contributed by atoms with Crippen LogP contribution in [0.2, 0.25) is 0 Å². The summed E-state index contributed by atoms with van der Waals surface area (Å²) in [6.07, 6.45) is 0.932. The van der Waals surface area contributed by atoms with Gasteiger partial charge in [-0.05, 0) is 31.0 Å². The van der Waals surface area contributed by atoms with Crippen molar-refractivity contribution in [3.63, 3.8) is 0 Å². The molecule has 2 atom stereocenters. The van der Waals surface area contributed by atoms with E-state index in [1.807, 2.05) is 0 Å². The smallest absolute Gasteiger partial charge is 0.0693 e. The molecule has 0 aliphatic carbocycles. The van der Waals surface area contributed by atoms with Crippen molar-refractivity contribution in [1.82, 2.24) is 10.2 Å². The Balaban J connectivity index is 2.24. The molecule has 2 N–H and O–H groups in total. The zero-order valence-corrected chi connectivity index (χ0v) is 10.00. The summed E-state index contributed by atoms with van der Waals surface area (Å²) in [5, 5.41) is 13.0. The number of nitrogens with one attached hydrogen (secondary N) is 1. The lowest BCUT2D eigenvalue weighted by atomic mass is 9.96. The Morgan fingerprint density at radius 3 is 2.93 bits per heavy atom. The summed E-state index contributed by atoms with van der Waals surface area (Å²) < 4.78 is 0. The van der Waals surface area contributed by atoms with E-state index in [9.17, 15) is 5.11 Å². The number of rotatable bonds is 5. The molecule has 0 spiro atoms. The van der Waals surface area contributed by atoms with E-state index >= 15 is 0 Å².